The highest BCUT2D eigenvalue weighted by Gasteiger charge is 2.68. The van der Waals surface area contributed by atoms with Crippen molar-refractivity contribution >= 4 is 35.1 Å². The van der Waals surface area contributed by atoms with Crippen LogP contribution in [0.15, 0.2) is 42.5 Å². The maximum absolute atomic E-state index is 6.10. The molecule has 142 valence electrons. The average molecular weight is 418 g/mol. The van der Waals surface area contributed by atoms with Gasteiger partial charge in [0, 0.05) is 17.7 Å². The van der Waals surface area contributed by atoms with Gasteiger partial charge >= 0.3 is 0 Å². The Balaban J connectivity index is 1.19. The minimum absolute atomic E-state index is 0.566. The first-order chi connectivity index (χ1) is 13.1. The van der Waals surface area contributed by atoms with Crippen molar-refractivity contribution in [1.29, 1.82) is 0 Å². The number of hydrogen-bond acceptors (Lipinski definition) is 2. The Morgan fingerprint density at radius 2 is 1.81 bits per heavy atom. The zero-order chi connectivity index (χ0) is 18.5. The van der Waals surface area contributed by atoms with Gasteiger partial charge in [0.1, 0.15) is 0 Å². The molecule has 2 saturated carbocycles. The van der Waals surface area contributed by atoms with Crippen molar-refractivity contribution in [2.45, 2.75) is 55.6 Å². The molecular formula is C23H25Cl2NS. The minimum Gasteiger partial charge on any atom is -0.264 e. The molecule has 0 amide bonds. The molecule has 1 N–H and O–H groups in total. The number of halogens is 2. The lowest BCUT2D eigenvalue weighted by atomic mass is 9.65. The van der Waals surface area contributed by atoms with E-state index in [-0.39, 0.29) is 0 Å². The largest absolute Gasteiger partial charge is 0.264 e. The van der Waals surface area contributed by atoms with Crippen LogP contribution in [0.1, 0.15) is 61.1 Å². The second-order valence-corrected chi connectivity index (χ2v) is 10.3. The summed E-state index contributed by atoms with van der Waals surface area (Å²) in [4.78, 5) is 0. The van der Waals surface area contributed by atoms with Gasteiger partial charge in [0.05, 0.1) is 10.0 Å². The number of rotatable bonds is 6. The Morgan fingerprint density at radius 1 is 1.00 bits per heavy atom. The summed E-state index contributed by atoms with van der Waals surface area (Å²) in [5.41, 5.74) is 5.76. The van der Waals surface area contributed by atoms with Gasteiger partial charge in [-0.3, -0.25) is 4.72 Å². The average Bonchev–Trinajstić information content (AvgIpc) is 3.58. The van der Waals surface area contributed by atoms with Gasteiger partial charge in [-0.1, -0.05) is 65.5 Å². The molecule has 1 unspecified atom stereocenters. The zero-order valence-electron chi connectivity index (χ0n) is 15.4. The van der Waals surface area contributed by atoms with Gasteiger partial charge in [0.15, 0.2) is 0 Å². The number of hydrogen-bond donors (Lipinski definition) is 1. The first-order valence-electron chi connectivity index (χ1n) is 10.0. The fourth-order valence-electron chi connectivity index (χ4n) is 5.44. The molecule has 2 fully saturated rings. The third-order valence-electron chi connectivity index (χ3n) is 7.09. The Labute approximate surface area is 176 Å². The maximum Gasteiger partial charge on any atom is 0.0595 e. The van der Waals surface area contributed by atoms with Gasteiger partial charge in [-0.2, -0.15) is 0 Å². The lowest BCUT2D eigenvalue weighted by Crippen LogP contribution is -2.32. The Hall–Kier alpha value is -0.670. The van der Waals surface area contributed by atoms with E-state index in [1.165, 1.54) is 44.1 Å². The minimum atomic E-state index is 0.566. The van der Waals surface area contributed by atoms with Crippen LogP contribution in [-0.2, 0) is 11.2 Å². The summed E-state index contributed by atoms with van der Waals surface area (Å²) in [7, 11) is 0. The van der Waals surface area contributed by atoms with E-state index in [0.717, 1.165) is 12.3 Å². The van der Waals surface area contributed by atoms with Crippen LogP contribution >= 0.6 is 35.1 Å². The SMILES string of the molecule is Clc1ccc(CSNCCC2CC3(CC3)C3(CC3)c3ccccc32)cc1Cl. The van der Waals surface area contributed by atoms with E-state index < -0.39 is 0 Å². The highest BCUT2D eigenvalue weighted by molar-refractivity contribution is 7.96. The normalized spacial score (nSPS) is 23.4. The van der Waals surface area contributed by atoms with E-state index in [2.05, 4.69) is 29.0 Å². The van der Waals surface area contributed by atoms with Crippen molar-refractivity contribution in [3.05, 3.63) is 69.2 Å². The molecule has 0 bridgehead atoms. The summed E-state index contributed by atoms with van der Waals surface area (Å²) in [5.74, 6) is 1.62. The van der Waals surface area contributed by atoms with Crippen molar-refractivity contribution in [1.82, 2.24) is 4.72 Å². The van der Waals surface area contributed by atoms with Crippen LogP contribution < -0.4 is 4.72 Å². The molecule has 0 radical (unpaired) electrons. The van der Waals surface area contributed by atoms with E-state index in [1.807, 2.05) is 18.2 Å². The zero-order valence-corrected chi connectivity index (χ0v) is 17.8. The summed E-state index contributed by atoms with van der Waals surface area (Å²) in [6, 6.07) is 15.2. The molecule has 0 heterocycles. The van der Waals surface area contributed by atoms with Crippen LogP contribution in [0.4, 0.5) is 0 Å². The molecule has 3 aliphatic rings. The summed E-state index contributed by atoms with van der Waals surface area (Å²) in [6.45, 7) is 1.05. The van der Waals surface area contributed by atoms with Crippen LogP contribution in [0.2, 0.25) is 10.0 Å². The van der Waals surface area contributed by atoms with E-state index in [1.54, 1.807) is 23.1 Å². The van der Waals surface area contributed by atoms with Gasteiger partial charge in [-0.25, -0.2) is 0 Å². The van der Waals surface area contributed by atoms with Gasteiger partial charge in [0.25, 0.3) is 0 Å². The first-order valence-corrected chi connectivity index (χ1v) is 11.8. The second-order valence-electron chi connectivity index (χ2n) is 8.57. The molecule has 0 saturated heterocycles. The van der Waals surface area contributed by atoms with Crippen molar-refractivity contribution in [2.75, 3.05) is 6.54 Å². The number of nitrogens with one attached hydrogen (secondary N) is 1. The third-order valence-corrected chi connectivity index (χ3v) is 8.72. The Kier molecular flexibility index (Phi) is 4.75. The van der Waals surface area contributed by atoms with Gasteiger partial charge in [-0.05, 0) is 78.7 Å². The van der Waals surface area contributed by atoms with Gasteiger partial charge in [-0.15, -0.1) is 0 Å². The molecule has 2 spiro atoms. The Morgan fingerprint density at radius 3 is 2.56 bits per heavy atom. The topological polar surface area (TPSA) is 12.0 Å². The molecule has 2 aromatic carbocycles. The van der Waals surface area contributed by atoms with Crippen molar-refractivity contribution in [3.63, 3.8) is 0 Å². The summed E-state index contributed by atoms with van der Waals surface area (Å²) >= 11 is 13.9. The van der Waals surface area contributed by atoms with Gasteiger partial charge < -0.3 is 0 Å². The molecule has 2 aromatic rings. The van der Waals surface area contributed by atoms with Crippen molar-refractivity contribution in [2.24, 2.45) is 5.41 Å². The van der Waals surface area contributed by atoms with Crippen molar-refractivity contribution < 1.29 is 0 Å². The smallest absolute Gasteiger partial charge is 0.0595 e. The van der Waals surface area contributed by atoms with E-state index in [4.69, 9.17) is 23.2 Å². The number of fused-ring (bicyclic) bond motifs is 3. The first kappa shape index (κ1) is 18.4. The number of benzene rings is 2. The lowest BCUT2D eigenvalue weighted by Gasteiger charge is -2.39. The quantitative estimate of drug-likeness (QED) is 0.396. The molecule has 1 atom stereocenters. The lowest BCUT2D eigenvalue weighted by molar-refractivity contribution is 0.285. The Bertz CT molecular complexity index is 857. The summed E-state index contributed by atoms with van der Waals surface area (Å²) < 4.78 is 3.57. The monoisotopic (exact) mass is 417 g/mol. The fourth-order valence-corrected chi connectivity index (χ4v) is 6.47. The van der Waals surface area contributed by atoms with Crippen LogP contribution in [-0.4, -0.2) is 6.54 Å². The maximum atomic E-state index is 6.10. The fraction of sp³-hybridized carbons (Fsp3) is 0.478. The van der Waals surface area contributed by atoms with Crippen LogP contribution in [0.5, 0.6) is 0 Å². The van der Waals surface area contributed by atoms with E-state index in [0.29, 0.717) is 26.8 Å². The van der Waals surface area contributed by atoms with Gasteiger partial charge in [0.2, 0.25) is 0 Å². The second kappa shape index (κ2) is 6.99. The van der Waals surface area contributed by atoms with Crippen molar-refractivity contribution in [3.8, 4) is 0 Å². The predicted molar refractivity (Wildman–Crippen MR) is 117 cm³/mol. The predicted octanol–water partition coefficient (Wildman–Crippen LogP) is 7.12. The molecule has 4 heteroatoms. The molecule has 5 rings (SSSR count). The molecule has 0 aromatic heterocycles. The third kappa shape index (κ3) is 3.23. The molecule has 27 heavy (non-hydrogen) atoms. The van der Waals surface area contributed by atoms with Crippen LogP contribution in [0.25, 0.3) is 0 Å². The summed E-state index contributed by atoms with van der Waals surface area (Å²) in [6.07, 6.45) is 8.39. The molecule has 0 aliphatic heterocycles. The highest BCUT2D eigenvalue weighted by Crippen LogP contribution is 2.76. The molecule has 1 nitrogen and oxygen atoms in total. The highest BCUT2D eigenvalue weighted by atomic mass is 35.5. The molecule has 3 aliphatic carbocycles. The summed E-state index contributed by atoms with van der Waals surface area (Å²) in [5, 5.41) is 1.26. The van der Waals surface area contributed by atoms with Crippen LogP contribution in [0.3, 0.4) is 0 Å². The van der Waals surface area contributed by atoms with Crippen LogP contribution in [0, 0.1) is 5.41 Å². The standard InChI is InChI=1S/C23H25Cl2NS/c24-20-6-5-16(13-21(20)25)15-27-26-12-7-17-14-22(8-9-22)23(10-11-23)19-4-2-1-3-18(17)19/h1-6,13,17,26H,7-12,14-15H2. The van der Waals surface area contributed by atoms with E-state index in [9.17, 15) is 0 Å². The van der Waals surface area contributed by atoms with E-state index >= 15 is 0 Å². The molecular weight excluding hydrogens is 393 g/mol.